The number of anilines is 1. The molecule has 6 rings (SSSR count). The van der Waals surface area contributed by atoms with Gasteiger partial charge in [0.1, 0.15) is 11.1 Å². The van der Waals surface area contributed by atoms with Gasteiger partial charge in [-0.25, -0.2) is 9.97 Å². The van der Waals surface area contributed by atoms with Gasteiger partial charge < -0.3 is 14.8 Å². The minimum Gasteiger partial charge on any atom is -0.480 e. The minimum absolute atomic E-state index is 0.0556. The third-order valence-electron chi connectivity index (χ3n) is 6.94. The highest BCUT2D eigenvalue weighted by Crippen LogP contribution is 2.45. The molecule has 0 saturated carbocycles. The maximum Gasteiger partial charge on any atom is 0.263 e. The molecular formula is C33H29ClN4O4S. The van der Waals surface area contributed by atoms with E-state index in [1.807, 2.05) is 76.2 Å². The second kappa shape index (κ2) is 11.1. The van der Waals surface area contributed by atoms with Crippen LogP contribution < -0.4 is 10.1 Å². The van der Waals surface area contributed by atoms with E-state index in [1.165, 1.54) is 0 Å². The fourth-order valence-electron chi connectivity index (χ4n) is 5.10. The van der Waals surface area contributed by atoms with Gasteiger partial charge in [-0.05, 0) is 82.1 Å². The largest absolute Gasteiger partial charge is 0.480 e. The summed E-state index contributed by atoms with van der Waals surface area (Å²) in [5.74, 6) is 0.581. The molecule has 0 bridgehead atoms. The molecule has 3 aromatic heterocycles. The normalized spacial score (nSPS) is 13.8. The summed E-state index contributed by atoms with van der Waals surface area (Å²) in [5.41, 5.74) is 6.19. The lowest BCUT2D eigenvalue weighted by Crippen LogP contribution is -2.27. The third kappa shape index (κ3) is 5.88. The number of Topliss-reactive ketones (excluding diaryl/α,β-unsaturated/α-hetero) is 1. The van der Waals surface area contributed by atoms with Crippen LogP contribution in [0.1, 0.15) is 44.9 Å². The van der Waals surface area contributed by atoms with Gasteiger partial charge in [0.15, 0.2) is 24.0 Å². The number of hydrogen-bond donors (Lipinski definition) is 1. The van der Waals surface area contributed by atoms with Crippen molar-refractivity contribution < 1.29 is 19.1 Å². The highest BCUT2D eigenvalue weighted by molar-refractivity contribution is 7.22. The Morgan fingerprint density at radius 3 is 2.56 bits per heavy atom. The molecule has 1 atom stereocenters. The fraction of sp³-hybridized carbons (Fsp3) is 0.242. The van der Waals surface area contributed by atoms with Gasteiger partial charge in [0.05, 0.1) is 21.5 Å². The summed E-state index contributed by atoms with van der Waals surface area (Å²) in [6.07, 6.45) is 2.64. The molecule has 0 unspecified atom stereocenters. The zero-order chi connectivity index (χ0) is 30.5. The van der Waals surface area contributed by atoms with Crippen molar-refractivity contribution in [2.24, 2.45) is 0 Å². The Hall–Kier alpha value is -4.18. The Morgan fingerprint density at radius 2 is 1.84 bits per heavy atom. The van der Waals surface area contributed by atoms with Crippen LogP contribution in [0.5, 0.6) is 5.75 Å². The number of nitrogens with one attached hydrogen (secondary N) is 1. The number of thiazole rings is 1. The number of carbonyl (C=O) groups is 2. The smallest absolute Gasteiger partial charge is 0.263 e. The first kappa shape index (κ1) is 28.9. The van der Waals surface area contributed by atoms with E-state index < -0.39 is 11.7 Å². The first-order valence-corrected chi connectivity index (χ1v) is 14.9. The number of benzene rings is 2. The molecule has 1 N–H and O–H groups in total. The standard InChI is InChI=1S/C33H29ClN4O4S/c1-17-12-24-30(28(19-6-8-22(34)9-7-19)27(17)29(18(2)39)42-33(3,4)5)43-32(37-24)20-10-11-35-23(13-20)21-14-25-31(36-15-21)38-26(40)16-41-25/h6-15,29H,16H2,1-5H3,(H,36,38,40)/t29-/m1/s1. The minimum atomic E-state index is -0.753. The average molecular weight is 613 g/mol. The summed E-state index contributed by atoms with van der Waals surface area (Å²) >= 11 is 7.80. The number of aromatic nitrogens is 3. The molecule has 0 saturated heterocycles. The van der Waals surface area contributed by atoms with Gasteiger partial charge in [0.25, 0.3) is 5.91 Å². The molecule has 0 aliphatic carbocycles. The fourth-order valence-corrected chi connectivity index (χ4v) is 6.34. The summed E-state index contributed by atoms with van der Waals surface area (Å²) in [7, 11) is 0. The molecule has 43 heavy (non-hydrogen) atoms. The number of ether oxygens (including phenoxy) is 2. The van der Waals surface area contributed by atoms with Gasteiger partial charge in [-0.3, -0.25) is 14.6 Å². The SMILES string of the molecule is CC(=O)[C@@H](OC(C)(C)C)c1c(C)cc2nc(-c3ccnc(-c4cnc5c(c4)OCC(=O)N5)c3)sc2c1-c1ccc(Cl)cc1. The van der Waals surface area contributed by atoms with Gasteiger partial charge in [-0.1, -0.05) is 23.7 Å². The van der Waals surface area contributed by atoms with Crippen LogP contribution in [0.2, 0.25) is 5.02 Å². The van der Waals surface area contributed by atoms with Crippen molar-refractivity contribution in [3.63, 3.8) is 0 Å². The molecule has 0 spiro atoms. The van der Waals surface area contributed by atoms with Crippen LogP contribution in [0.15, 0.2) is 60.9 Å². The van der Waals surface area contributed by atoms with E-state index in [9.17, 15) is 9.59 Å². The van der Waals surface area contributed by atoms with E-state index in [-0.39, 0.29) is 18.3 Å². The lowest BCUT2D eigenvalue weighted by atomic mass is 9.90. The first-order valence-electron chi connectivity index (χ1n) is 13.7. The van der Waals surface area contributed by atoms with Crippen LogP contribution in [-0.2, 0) is 14.3 Å². The number of pyridine rings is 2. The Bertz CT molecular complexity index is 1900. The van der Waals surface area contributed by atoms with Gasteiger partial charge in [-0.15, -0.1) is 11.3 Å². The Balaban J connectivity index is 1.50. The van der Waals surface area contributed by atoms with Crippen molar-refractivity contribution >= 4 is 50.7 Å². The van der Waals surface area contributed by atoms with Crippen molar-refractivity contribution in [3.8, 4) is 38.7 Å². The Kier molecular flexibility index (Phi) is 7.50. The van der Waals surface area contributed by atoms with E-state index in [1.54, 1.807) is 30.7 Å². The van der Waals surface area contributed by atoms with Crippen LogP contribution in [0.4, 0.5) is 5.82 Å². The topological polar surface area (TPSA) is 103 Å². The molecule has 10 heteroatoms. The molecule has 218 valence electrons. The molecule has 1 amide bonds. The van der Waals surface area contributed by atoms with Gasteiger partial charge in [0, 0.05) is 39.7 Å². The average Bonchev–Trinajstić information content (AvgIpc) is 3.39. The number of nitrogens with zero attached hydrogens (tertiary/aromatic N) is 3. The van der Waals surface area contributed by atoms with E-state index >= 15 is 0 Å². The Morgan fingerprint density at radius 1 is 1.07 bits per heavy atom. The summed E-state index contributed by atoms with van der Waals surface area (Å²) < 4.78 is 12.9. The summed E-state index contributed by atoms with van der Waals surface area (Å²) in [5, 5.41) is 4.14. The molecule has 0 fully saturated rings. The maximum absolute atomic E-state index is 13.1. The zero-order valence-electron chi connectivity index (χ0n) is 24.3. The zero-order valence-corrected chi connectivity index (χ0v) is 25.9. The molecule has 8 nitrogen and oxygen atoms in total. The second-order valence-corrected chi connectivity index (χ2v) is 12.9. The third-order valence-corrected chi connectivity index (χ3v) is 8.33. The van der Waals surface area contributed by atoms with E-state index in [0.29, 0.717) is 22.3 Å². The number of halogens is 1. The highest BCUT2D eigenvalue weighted by atomic mass is 35.5. The molecule has 4 heterocycles. The molecule has 1 aliphatic heterocycles. The molecule has 1 aliphatic rings. The predicted molar refractivity (Wildman–Crippen MR) is 170 cm³/mol. The van der Waals surface area contributed by atoms with E-state index in [2.05, 4.69) is 15.3 Å². The quantitative estimate of drug-likeness (QED) is 0.208. The number of rotatable bonds is 6. The van der Waals surface area contributed by atoms with Crippen molar-refractivity contribution in [1.82, 2.24) is 15.0 Å². The highest BCUT2D eigenvalue weighted by Gasteiger charge is 2.30. The lowest BCUT2D eigenvalue weighted by Gasteiger charge is -2.29. The number of amides is 1. The monoisotopic (exact) mass is 612 g/mol. The number of ketones is 1. The molecule has 5 aromatic rings. The van der Waals surface area contributed by atoms with E-state index in [4.69, 9.17) is 26.1 Å². The molecular weight excluding hydrogens is 584 g/mol. The van der Waals surface area contributed by atoms with Crippen molar-refractivity contribution in [2.45, 2.75) is 46.3 Å². The van der Waals surface area contributed by atoms with Crippen LogP contribution in [0, 0.1) is 6.92 Å². The predicted octanol–water partition coefficient (Wildman–Crippen LogP) is 7.83. The van der Waals surface area contributed by atoms with Gasteiger partial charge in [-0.2, -0.15) is 0 Å². The van der Waals surface area contributed by atoms with Crippen LogP contribution in [-0.4, -0.2) is 38.9 Å². The number of fused-ring (bicyclic) bond motifs is 2. The summed E-state index contributed by atoms with van der Waals surface area (Å²) in [6, 6.07) is 15.3. The van der Waals surface area contributed by atoms with Crippen LogP contribution in [0.3, 0.4) is 0 Å². The second-order valence-electron chi connectivity index (χ2n) is 11.4. The number of hydrogen-bond acceptors (Lipinski definition) is 8. The Labute approximate surface area is 258 Å². The van der Waals surface area contributed by atoms with Crippen molar-refractivity contribution in [3.05, 3.63) is 77.1 Å². The lowest BCUT2D eigenvalue weighted by molar-refractivity contribution is -0.138. The van der Waals surface area contributed by atoms with Gasteiger partial charge in [0.2, 0.25) is 0 Å². The number of carbonyl (C=O) groups excluding carboxylic acids is 2. The van der Waals surface area contributed by atoms with Crippen LogP contribution in [0.25, 0.3) is 43.2 Å². The first-order chi connectivity index (χ1) is 20.5. The van der Waals surface area contributed by atoms with Crippen molar-refractivity contribution in [2.75, 3.05) is 11.9 Å². The maximum atomic E-state index is 13.1. The summed E-state index contributed by atoms with van der Waals surface area (Å²) in [4.78, 5) is 38.6. The van der Waals surface area contributed by atoms with Crippen molar-refractivity contribution in [1.29, 1.82) is 0 Å². The van der Waals surface area contributed by atoms with Crippen LogP contribution >= 0.6 is 22.9 Å². The van der Waals surface area contributed by atoms with Gasteiger partial charge >= 0.3 is 0 Å². The number of aryl methyl sites for hydroxylation is 1. The van der Waals surface area contributed by atoms with E-state index in [0.717, 1.165) is 48.6 Å². The summed E-state index contributed by atoms with van der Waals surface area (Å²) in [6.45, 7) is 9.35. The molecule has 0 radical (unpaired) electrons. The molecule has 2 aromatic carbocycles.